The molecule has 0 amide bonds. The molecule has 1 aliphatic rings. The molecule has 3 aromatic carbocycles. The van der Waals surface area contributed by atoms with Crippen molar-refractivity contribution in [1.82, 2.24) is 0 Å². The summed E-state index contributed by atoms with van der Waals surface area (Å²) in [6.45, 7) is 0.0103. The van der Waals surface area contributed by atoms with Crippen LogP contribution >= 0.6 is 0 Å². The highest BCUT2D eigenvalue weighted by atomic mass is 19.1. The van der Waals surface area contributed by atoms with Crippen molar-refractivity contribution in [2.24, 2.45) is 11.8 Å². The zero-order chi connectivity index (χ0) is 21.1. The average molecular weight is 404 g/mol. The number of aliphatic carboxylic acids is 1. The normalized spacial score (nSPS) is 22.7. The molecule has 0 radical (unpaired) electrons. The second-order valence-electron chi connectivity index (χ2n) is 7.50. The van der Waals surface area contributed by atoms with Gasteiger partial charge < -0.3 is 9.84 Å². The van der Waals surface area contributed by atoms with E-state index in [1.807, 2.05) is 60.7 Å². The molecule has 0 saturated heterocycles. The highest BCUT2D eigenvalue weighted by molar-refractivity contribution is 5.84. The minimum atomic E-state index is -0.930. The summed E-state index contributed by atoms with van der Waals surface area (Å²) in [5, 5.41) is 9.94. The molecule has 1 fully saturated rings. The zero-order valence-electron chi connectivity index (χ0n) is 16.1. The Balaban J connectivity index is 1.63. The number of carbonyl (C=O) groups excluding carboxylic acids is 1. The van der Waals surface area contributed by atoms with Gasteiger partial charge in [0, 0.05) is 11.8 Å². The van der Waals surface area contributed by atoms with E-state index in [2.05, 4.69) is 0 Å². The van der Waals surface area contributed by atoms with Crippen molar-refractivity contribution in [3.8, 4) is 0 Å². The molecule has 0 spiro atoms. The van der Waals surface area contributed by atoms with E-state index in [9.17, 15) is 19.1 Å². The Morgan fingerprint density at radius 3 is 1.73 bits per heavy atom. The SMILES string of the molecule is O=C(O)C1[C@@H](c2ccccc2)C(C(=O)OCc2ccc(F)cc2)[C@@H]1c1ccccc1. The Morgan fingerprint density at radius 2 is 1.27 bits per heavy atom. The summed E-state index contributed by atoms with van der Waals surface area (Å²) in [5.41, 5.74) is 2.29. The quantitative estimate of drug-likeness (QED) is 0.602. The fourth-order valence-corrected chi connectivity index (χ4v) is 4.36. The second-order valence-corrected chi connectivity index (χ2v) is 7.50. The number of rotatable bonds is 6. The third-order valence-corrected chi connectivity index (χ3v) is 5.77. The minimum Gasteiger partial charge on any atom is -0.481 e. The van der Waals surface area contributed by atoms with Crippen molar-refractivity contribution in [3.05, 3.63) is 107 Å². The van der Waals surface area contributed by atoms with E-state index in [1.54, 1.807) is 12.1 Å². The first-order valence-corrected chi connectivity index (χ1v) is 9.80. The predicted octanol–water partition coefficient (Wildman–Crippen LogP) is 4.77. The van der Waals surface area contributed by atoms with E-state index >= 15 is 0 Å². The van der Waals surface area contributed by atoms with Crippen LogP contribution in [0.5, 0.6) is 0 Å². The summed E-state index contributed by atoms with van der Waals surface area (Å²) in [5.74, 6) is -4.03. The van der Waals surface area contributed by atoms with E-state index in [-0.39, 0.29) is 12.4 Å². The maximum atomic E-state index is 13.1. The Bertz CT molecular complexity index is 971. The maximum Gasteiger partial charge on any atom is 0.310 e. The average Bonchev–Trinajstić information content (AvgIpc) is 2.74. The van der Waals surface area contributed by atoms with Crippen molar-refractivity contribution >= 4 is 11.9 Å². The van der Waals surface area contributed by atoms with Gasteiger partial charge in [-0.15, -0.1) is 0 Å². The number of carboxylic acids is 1. The summed E-state index contributed by atoms with van der Waals surface area (Å²) in [6, 6.07) is 24.2. The fourth-order valence-electron chi connectivity index (χ4n) is 4.36. The van der Waals surface area contributed by atoms with Crippen molar-refractivity contribution < 1.29 is 23.8 Å². The molecule has 4 rings (SSSR count). The molecule has 1 aliphatic carbocycles. The van der Waals surface area contributed by atoms with Gasteiger partial charge in [0.05, 0.1) is 11.8 Å². The first-order chi connectivity index (χ1) is 14.6. The number of hydrogen-bond acceptors (Lipinski definition) is 3. The Kier molecular flexibility index (Phi) is 5.61. The van der Waals surface area contributed by atoms with Crippen LogP contribution in [0.25, 0.3) is 0 Å². The molecule has 4 nitrogen and oxygen atoms in total. The molecular weight excluding hydrogens is 383 g/mol. The van der Waals surface area contributed by atoms with Crippen LogP contribution in [0, 0.1) is 17.7 Å². The van der Waals surface area contributed by atoms with Gasteiger partial charge in [-0.25, -0.2) is 4.39 Å². The van der Waals surface area contributed by atoms with Crippen LogP contribution in [0.3, 0.4) is 0 Å². The van der Waals surface area contributed by atoms with Crippen molar-refractivity contribution in [3.63, 3.8) is 0 Å². The lowest BCUT2D eigenvalue weighted by atomic mass is 9.52. The van der Waals surface area contributed by atoms with Gasteiger partial charge in [0.1, 0.15) is 12.4 Å². The Morgan fingerprint density at radius 1 is 0.767 bits per heavy atom. The number of ether oxygens (including phenoxy) is 1. The van der Waals surface area contributed by atoms with Crippen LogP contribution in [0.4, 0.5) is 4.39 Å². The van der Waals surface area contributed by atoms with Crippen molar-refractivity contribution in [1.29, 1.82) is 0 Å². The van der Waals surface area contributed by atoms with Gasteiger partial charge in [0.15, 0.2) is 0 Å². The van der Waals surface area contributed by atoms with E-state index in [0.29, 0.717) is 5.56 Å². The summed E-state index contributed by atoms with van der Waals surface area (Å²) in [7, 11) is 0. The smallest absolute Gasteiger partial charge is 0.310 e. The number of carbonyl (C=O) groups is 2. The minimum absolute atomic E-state index is 0.0103. The van der Waals surface area contributed by atoms with Gasteiger partial charge in [-0.2, -0.15) is 0 Å². The van der Waals surface area contributed by atoms with Gasteiger partial charge in [-0.05, 0) is 28.8 Å². The zero-order valence-corrected chi connectivity index (χ0v) is 16.1. The van der Waals surface area contributed by atoms with Gasteiger partial charge in [0.2, 0.25) is 0 Å². The molecule has 0 heterocycles. The topological polar surface area (TPSA) is 63.6 Å². The Hall–Kier alpha value is -3.47. The maximum absolute atomic E-state index is 13.1. The third-order valence-electron chi connectivity index (χ3n) is 5.77. The van der Waals surface area contributed by atoms with Crippen LogP contribution in [0.2, 0.25) is 0 Å². The van der Waals surface area contributed by atoms with Crippen LogP contribution in [0.1, 0.15) is 28.5 Å². The highest BCUT2D eigenvalue weighted by Crippen LogP contribution is 2.58. The van der Waals surface area contributed by atoms with Crippen LogP contribution < -0.4 is 0 Å². The first kappa shape index (κ1) is 19.8. The van der Waals surface area contributed by atoms with E-state index in [1.165, 1.54) is 12.1 Å². The molecule has 1 saturated carbocycles. The van der Waals surface area contributed by atoms with E-state index < -0.39 is 35.6 Å². The van der Waals surface area contributed by atoms with Crippen molar-refractivity contribution in [2.45, 2.75) is 18.4 Å². The van der Waals surface area contributed by atoms with Gasteiger partial charge in [-0.3, -0.25) is 9.59 Å². The lowest BCUT2D eigenvalue weighted by molar-refractivity contribution is -0.165. The largest absolute Gasteiger partial charge is 0.481 e. The lowest BCUT2D eigenvalue weighted by Crippen LogP contribution is -2.51. The molecule has 5 heteroatoms. The number of halogens is 1. The van der Waals surface area contributed by atoms with Gasteiger partial charge >= 0.3 is 11.9 Å². The molecule has 0 unspecified atom stereocenters. The number of esters is 1. The van der Waals surface area contributed by atoms with E-state index in [4.69, 9.17) is 4.74 Å². The molecule has 152 valence electrons. The number of carboxylic acid groups (broad SMARTS) is 1. The molecule has 2 atom stereocenters. The van der Waals surface area contributed by atoms with E-state index in [0.717, 1.165) is 11.1 Å². The fraction of sp³-hybridized carbons (Fsp3) is 0.200. The summed E-state index contributed by atoms with van der Waals surface area (Å²) in [6.07, 6.45) is 0. The molecular formula is C25H21FO4. The highest BCUT2D eigenvalue weighted by Gasteiger charge is 2.59. The molecule has 30 heavy (non-hydrogen) atoms. The molecule has 0 aliphatic heterocycles. The summed E-state index contributed by atoms with van der Waals surface area (Å²) in [4.78, 5) is 25.3. The predicted molar refractivity (Wildman–Crippen MR) is 109 cm³/mol. The van der Waals surface area contributed by atoms with Crippen LogP contribution in [0.15, 0.2) is 84.9 Å². The first-order valence-electron chi connectivity index (χ1n) is 9.80. The molecule has 0 aromatic heterocycles. The summed E-state index contributed by atoms with van der Waals surface area (Å²) >= 11 is 0. The van der Waals surface area contributed by atoms with Gasteiger partial charge in [0.25, 0.3) is 0 Å². The van der Waals surface area contributed by atoms with Crippen molar-refractivity contribution in [2.75, 3.05) is 0 Å². The lowest BCUT2D eigenvalue weighted by Gasteiger charge is -2.49. The Labute approximate surface area is 173 Å². The standard InChI is InChI=1S/C25H21FO4/c26-19-13-11-16(12-14-19)15-30-25(29)23-20(17-7-3-1-4-8-17)22(24(27)28)21(23)18-9-5-2-6-10-18/h1-14,20-23H,15H2,(H,27,28)/t20-,21-,22?,23?/m1/s1. The van der Waals surface area contributed by atoms with Crippen LogP contribution in [-0.2, 0) is 20.9 Å². The number of benzene rings is 3. The summed E-state index contributed by atoms with van der Waals surface area (Å²) < 4.78 is 18.7. The monoisotopic (exact) mass is 404 g/mol. The van der Waals surface area contributed by atoms with Gasteiger partial charge in [-0.1, -0.05) is 72.8 Å². The third kappa shape index (κ3) is 3.83. The molecule has 0 bridgehead atoms. The second kappa shape index (κ2) is 8.49. The van der Waals surface area contributed by atoms with Crippen LogP contribution in [-0.4, -0.2) is 17.0 Å². The molecule has 3 aromatic rings. The molecule has 1 N–H and O–H groups in total. The number of hydrogen-bond donors (Lipinski definition) is 1.